The van der Waals surface area contributed by atoms with Gasteiger partial charge in [-0.3, -0.25) is 14.6 Å². The number of halogens is 1. The molecule has 0 radical (unpaired) electrons. The lowest BCUT2D eigenvalue weighted by atomic mass is 10.2. The molecule has 0 saturated heterocycles. The largest absolute Gasteiger partial charge is 0.356 e. The molecule has 1 heterocycles. The van der Waals surface area contributed by atoms with Crippen molar-refractivity contribution in [2.24, 2.45) is 4.99 Å². The SMILES string of the molecule is CN=C(NCCCN(C(C)C)C(C)C)NCCCn1cc(C)cn1.I. The first-order chi connectivity index (χ1) is 11.4. The first-order valence-electron chi connectivity index (χ1n) is 9.13. The summed E-state index contributed by atoms with van der Waals surface area (Å²) in [7, 11) is 1.82. The van der Waals surface area contributed by atoms with Gasteiger partial charge in [0.2, 0.25) is 0 Å². The molecule has 0 aliphatic rings. The molecule has 146 valence electrons. The third kappa shape index (κ3) is 10.0. The molecule has 0 amide bonds. The molecule has 1 aromatic heterocycles. The van der Waals surface area contributed by atoms with Crippen molar-refractivity contribution in [1.82, 2.24) is 25.3 Å². The van der Waals surface area contributed by atoms with Crippen molar-refractivity contribution in [2.45, 2.75) is 66.1 Å². The Labute approximate surface area is 170 Å². The topological polar surface area (TPSA) is 57.5 Å². The van der Waals surface area contributed by atoms with Crippen molar-refractivity contribution in [3.05, 3.63) is 18.0 Å². The van der Waals surface area contributed by atoms with E-state index in [1.165, 1.54) is 5.56 Å². The van der Waals surface area contributed by atoms with Gasteiger partial charge in [0.25, 0.3) is 0 Å². The fraction of sp³-hybridized carbons (Fsp3) is 0.778. The summed E-state index contributed by atoms with van der Waals surface area (Å²) in [5.41, 5.74) is 1.21. The van der Waals surface area contributed by atoms with Crippen molar-refractivity contribution in [3.8, 4) is 0 Å². The van der Waals surface area contributed by atoms with Crippen LogP contribution in [0, 0.1) is 6.92 Å². The first-order valence-corrected chi connectivity index (χ1v) is 9.13. The quantitative estimate of drug-likeness (QED) is 0.242. The molecule has 0 atom stereocenters. The number of nitrogens with one attached hydrogen (secondary N) is 2. The van der Waals surface area contributed by atoms with E-state index in [1.807, 2.05) is 17.9 Å². The van der Waals surface area contributed by atoms with Crippen LogP contribution in [0.2, 0.25) is 0 Å². The van der Waals surface area contributed by atoms with Gasteiger partial charge in [-0.25, -0.2) is 0 Å². The molecule has 1 rings (SSSR count). The lowest BCUT2D eigenvalue weighted by Crippen LogP contribution is -2.41. The fourth-order valence-corrected chi connectivity index (χ4v) is 2.84. The minimum atomic E-state index is 0. The second kappa shape index (κ2) is 13.4. The first kappa shape index (κ1) is 24.2. The molecule has 0 spiro atoms. The summed E-state index contributed by atoms with van der Waals surface area (Å²) in [6.07, 6.45) is 6.10. The molecule has 0 saturated carbocycles. The number of rotatable bonds is 10. The Morgan fingerprint density at radius 1 is 1.16 bits per heavy atom. The molecule has 1 aromatic rings. The van der Waals surface area contributed by atoms with Gasteiger partial charge in [0.1, 0.15) is 0 Å². The predicted molar refractivity (Wildman–Crippen MR) is 118 cm³/mol. The van der Waals surface area contributed by atoms with Crippen LogP contribution in [0.1, 0.15) is 46.1 Å². The molecular formula is C18H37IN6. The summed E-state index contributed by atoms with van der Waals surface area (Å²) in [5, 5.41) is 11.1. The van der Waals surface area contributed by atoms with Crippen molar-refractivity contribution in [1.29, 1.82) is 0 Å². The molecule has 0 aromatic carbocycles. The maximum atomic E-state index is 4.30. The van der Waals surface area contributed by atoms with Crippen molar-refractivity contribution < 1.29 is 0 Å². The third-order valence-corrected chi connectivity index (χ3v) is 4.05. The van der Waals surface area contributed by atoms with Gasteiger partial charge in [-0.15, -0.1) is 24.0 Å². The number of guanidine groups is 1. The van der Waals surface area contributed by atoms with Gasteiger partial charge in [-0.1, -0.05) is 0 Å². The van der Waals surface area contributed by atoms with Gasteiger partial charge in [-0.2, -0.15) is 5.10 Å². The van der Waals surface area contributed by atoms with E-state index < -0.39 is 0 Å². The van der Waals surface area contributed by atoms with Gasteiger partial charge < -0.3 is 10.6 Å². The Kier molecular flexibility index (Phi) is 12.9. The molecule has 7 heteroatoms. The average Bonchev–Trinajstić information content (AvgIpc) is 2.93. The highest BCUT2D eigenvalue weighted by Gasteiger charge is 2.12. The molecule has 0 bridgehead atoms. The van der Waals surface area contributed by atoms with Crippen LogP contribution in [0.25, 0.3) is 0 Å². The summed E-state index contributed by atoms with van der Waals surface area (Å²) in [6.45, 7) is 15.0. The van der Waals surface area contributed by atoms with Crippen molar-refractivity contribution >= 4 is 29.9 Å². The Bertz CT molecular complexity index is 476. The maximum Gasteiger partial charge on any atom is 0.190 e. The van der Waals surface area contributed by atoms with Gasteiger partial charge in [0, 0.05) is 51.5 Å². The zero-order valence-corrected chi connectivity index (χ0v) is 19.1. The normalized spacial score (nSPS) is 12.0. The van der Waals surface area contributed by atoms with Crippen LogP contribution in [0.3, 0.4) is 0 Å². The maximum absolute atomic E-state index is 4.30. The zero-order chi connectivity index (χ0) is 17.9. The van der Waals surface area contributed by atoms with E-state index in [9.17, 15) is 0 Å². The monoisotopic (exact) mass is 464 g/mol. The summed E-state index contributed by atoms with van der Waals surface area (Å²) < 4.78 is 1.99. The fourth-order valence-electron chi connectivity index (χ4n) is 2.84. The van der Waals surface area contributed by atoms with Gasteiger partial charge in [0.05, 0.1) is 6.20 Å². The van der Waals surface area contributed by atoms with Crippen LogP contribution in [0.4, 0.5) is 0 Å². The van der Waals surface area contributed by atoms with Crippen LogP contribution < -0.4 is 10.6 Å². The minimum absolute atomic E-state index is 0. The second-order valence-electron chi connectivity index (χ2n) is 6.84. The van der Waals surface area contributed by atoms with E-state index in [-0.39, 0.29) is 24.0 Å². The molecular weight excluding hydrogens is 427 g/mol. The molecule has 2 N–H and O–H groups in total. The standard InChI is InChI=1S/C18H36N6.HI/c1-15(2)24(16(3)4)12-8-10-21-18(19-6)20-9-7-11-23-14-17(5)13-22-23;/h13-16H,7-12H2,1-6H3,(H2,19,20,21);1H. The predicted octanol–water partition coefficient (Wildman–Crippen LogP) is 2.87. The number of aryl methyl sites for hydroxylation is 2. The zero-order valence-electron chi connectivity index (χ0n) is 16.7. The number of hydrogen-bond donors (Lipinski definition) is 2. The number of aromatic nitrogens is 2. The van der Waals surface area contributed by atoms with Crippen LogP contribution in [0.5, 0.6) is 0 Å². The van der Waals surface area contributed by atoms with E-state index in [4.69, 9.17) is 0 Å². The van der Waals surface area contributed by atoms with E-state index in [0.717, 1.165) is 45.0 Å². The summed E-state index contributed by atoms with van der Waals surface area (Å²) in [5.74, 6) is 0.882. The highest BCUT2D eigenvalue weighted by molar-refractivity contribution is 14.0. The van der Waals surface area contributed by atoms with Gasteiger partial charge in [-0.05, 0) is 53.0 Å². The lowest BCUT2D eigenvalue weighted by Gasteiger charge is -2.30. The summed E-state index contributed by atoms with van der Waals surface area (Å²) >= 11 is 0. The third-order valence-electron chi connectivity index (χ3n) is 4.05. The molecule has 0 fully saturated rings. The Hall–Kier alpha value is -0.830. The molecule has 0 aliphatic heterocycles. The highest BCUT2D eigenvalue weighted by Crippen LogP contribution is 2.05. The smallest absolute Gasteiger partial charge is 0.190 e. The summed E-state index contributed by atoms with van der Waals surface area (Å²) in [4.78, 5) is 6.80. The number of hydrogen-bond acceptors (Lipinski definition) is 3. The van der Waals surface area contributed by atoms with Crippen molar-refractivity contribution in [3.63, 3.8) is 0 Å². The van der Waals surface area contributed by atoms with Crippen LogP contribution in [-0.2, 0) is 6.54 Å². The Morgan fingerprint density at radius 2 is 1.76 bits per heavy atom. The lowest BCUT2D eigenvalue weighted by molar-refractivity contribution is 0.173. The Balaban J connectivity index is 0.00000576. The molecule has 25 heavy (non-hydrogen) atoms. The van der Waals surface area contributed by atoms with Crippen LogP contribution in [-0.4, -0.2) is 59.4 Å². The average molecular weight is 464 g/mol. The second-order valence-corrected chi connectivity index (χ2v) is 6.84. The van der Waals surface area contributed by atoms with Crippen molar-refractivity contribution in [2.75, 3.05) is 26.7 Å². The number of aliphatic imine (C=N–C) groups is 1. The molecule has 0 aliphatic carbocycles. The van der Waals surface area contributed by atoms with Crippen LogP contribution >= 0.6 is 24.0 Å². The molecule has 0 unspecified atom stereocenters. The number of nitrogens with zero attached hydrogens (tertiary/aromatic N) is 4. The van der Waals surface area contributed by atoms with Gasteiger partial charge >= 0.3 is 0 Å². The highest BCUT2D eigenvalue weighted by atomic mass is 127. The van der Waals surface area contributed by atoms with E-state index >= 15 is 0 Å². The minimum Gasteiger partial charge on any atom is -0.356 e. The van der Waals surface area contributed by atoms with E-state index in [0.29, 0.717) is 12.1 Å². The summed E-state index contributed by atoms with van der Waals surface area (Å²) in [6, 6.07) is 1.18. The van der Waals surface area contributed by atoms with E-state index in [1.54, 1.807) is 0 Å². The van der Waals surface area contributed by atoms with E-state index in [2.05, 4.69) is 66.4 Å². The van der Waals surface area contributed by atoms with Gasteiger partial charge in [0.15, 0.2) is 5.96 Å². The molecule has 6 nitrogen and oxygen atoms in total. The van der Waals surface area contributed by atoms with Crippen LogP contribution in [0.15, 0.2) is 17.4 Å². The Morgan fingerprint density at radius 3 is 2.24 bits per heavy atom.